The van der Waals surface area contributed by atoms with Crippen molar-refractivity contribution in [2.75, 3.05) is 10.6 Å². The Labute approximate surface area is 137 Å². The van der Waals surface area contributed by atoms with E-state index in [1.54, 1.807) is 29.3 Å². The van der Waals surface area contributed by atoms with E-state index in [0.717, 1.165) is 5.56 Å². The number of anilines is 3. The summed E-state index contributed by atoms with van der Waals surface area (Å²) >= 11 is 0. The van der Waals surface area contributed by atoms with Crippen LogP contribution in [0.4, 0.5) is 23.1 Å². The fraction of sp³-hybridized carbons (Fsp3) is 0.0625. The van der Waals surface area contributed by atoms with Crippen molar-refractivity contribution in [2.24, 2.45) is 0 Å². The summed E-state index contributed by atoms with van der Waals surface area (Å²) < 4.78 is 0. The van der Waals surface area contributed by atoms with Crippen molar-refractivity contribution in [1.29, 1.82) is 0 Å². The van der Waals surface area contributed by atoms with E-state index >= 15 is 0 Å². The smallest absolute Gasteiger partial charge is 0.353 e. The molecule has 0 aliphatic rings. The molecule has 8 heteroatoms. The Morgan fingerprint density at radius 1 is 1.04 bits per heavy atom. The van der Waals surface area contributed by atoms with Gasteiger partial charge in [0.15, 0.2) is 0 Å². The highest BCUT2D eigenvalue weighted by Crippen LogP contribution is 2.34. The molecule has 2 N–H and O–H groups in total. The predicted octanol–water partition coefficient (Wildman–Crippen LogP) is 2.70. The van der Waals surface area contributed by atoms with Crippen molar-refractivity contribution in [3.63, 3.8) is 0 Å². The molecule has 0 amide bonds. The Morgan fingerprint density at radius 2 is 1.79 bits per heavy atom. The molecule has 0 atom stereocenters. The van der Waals surface area contributed by atoms with Crippen molar-refractivity contribution in [2.45, 2.75) is 6.54 Å². The summed E-state index contributed by atoms with van der Waals surface area (Å²) in [5, 5.41) is 11.4. The normalized spacial score (nSPS) is 10.3. The zero-order valence-electron chi connectivity index (χ0n) is 12.6. The highest BCUT2D eigenvalue weighted by molar-refractivity contribution is 5.73. The molecule has 0 aliphatic carbocycles. The number of benzene rings is 1. The average Bonchev–Trinajstić information content (AvgIpc) is 2.61. The Morgan fingerprint density at radius 3 is 2.46 bits per heavy atom. The maximum absolute atomic E-state index is 11.4. The van der Waals surface area contributed by atoms with Crippen molar-refractivity contribution in [1.82, 2.24) is 15.0 Å². The molecule has 2 aromatic heterocycles. The number of nitrogen functional groups attached to an aromatic ring is 1. The lowest BCUT2D eigenvalue weighted by Crippen LogP contribution is -2.21. The van der Waals surface area contributed by atoms with E-state index in [4.69, 9.17) is 5.73 Å². The topological polar surface area (TPSA) is 111 Å². The van der Waals surface area contributed by atoms with E-state index in [-0.39, 0.29) is 17.3 Å². The van der Waals surface area contributed by atoms with E-state index in [9.17, 15) is 10.1 Å². The van der Waals surface area contributed by atoms with Gasteiger partial charge in [-0.05, 0) is 17.7 Å². The largest absolute Gasteiger partial charge is 0.378 e. The number of pyridine rings is 1. The lowest BCUT2D eigenvalue weighted by molar-refractivity contribution is -0.383. The van der Waals surface area contributed by atoms with Gasteiger partial charge in [0.05, 0.1) is 11.5 Å². The number of nitrogens with two attached hydrogens (primary N) is 1. The van der Waals surface area contributed by atoms with Crippen LogP contribution in [-0.4, -0.2) is 19.9 Å². The summed E-state index contributed by atoms with van der Waals surface area (Å²) in [7, 11) is 0. The van der Waals surface area contributed by atoms with Crippen molar-refractivity contribution in [3.8, 4) is 0 Å². The van der Waals surface area contributed by atoms with Crippen LogP contribution in [0.3, 0.4) is 0 Å². The fourth-order valence-electron chi connectivity index (χ4n) is 2.30. The summed E-state index contributed by atoms with van der Waals surface area (Å²) in [4.78, 5) is 24.6. The SMILES string of the molecule is Nc1ncnc(N(Cc2ccccc2)c2ccccn2)c1[N+](=O)[O-]. The van der Waals surface area contributed by atoms with Gasteiger partial charge < -0.3 is 10.6 Å². The first-order valence-corrected chi connectivity index (χ1v) is 7.14. The Balaban J connectivity index is 2.12. The summed E-state index contributed by atoms with van der Waals surface area (Å²) in [6, 6.07) is 14.9. The van der Waals surface area contributed by atoms with Gasteiger partial charge in [-0.25, -0.2) is 15.0 Å². The second-order valence-corrected chi connectivity index (χ2v) is 4.95. The molecule has 3 aromatic rings. The maximum Gasteiger partial charge on any atom is 0.353 e. The van der Waals surface area contributed by atoms with Crippen LogP contribution in [0.1, 0.15) is 5.56 Å². The van der Waals surface area contributed by atoms with E-state index in [1.165, 1.54) is 6.33 Å². The minimum Gasteiger partial charge on any atom is -0.378 e. The summed E-state index contributed by atoms with van der Waals surface area (Å²) in [5.41, 5.74) is 6.31. The third kappa shape index (κ3) is 3.12. The molecule has 0 unspecified atom stereocenters. The first-order valence-electron chi connectivity index (χ1n) is 7.14. The van der Waals surface area contributed by atoms with Crippen LogP contribution in [0.5, 0.6) is 0 Å². The zero-order valence-corrected chi connectivity index (χ0v) is 12.6. The van der Waals surface area contributed by atoms with Crippen LogP contribution < -0.4 is 10.6 Å². The molecule has 0 aliphatic heterocycles. The summed E-state index contributed by atoms with van der Waals surface area (Å²) in [6.45, 7) is 0.356. The highest BCUT2D eigenvalue weighted by Gasteiger charge is 2.27. The minimum atomic E-state index is -0.578. The molecule has 2 heterocycles. The second kappa shape index (κ2) is 6.69. The van der Waals surface area contributed by atoms with Gasteiger partial charge in [0, 0.05) is 6.20 Å². The fourth-order valence-corrected chi connectivity index (χ4v) is 2.30. The van der Waals surface area contributed by atoms with Crippen molar-refractivity contribution >= 4 is 23.1 Å². The monoisotopic (exact) mass is 322 g/mol. The number of nitrogens with zero attached hydrogens (tertiary/aromatic N) is 5. The van der Waals surface area contributed by atoms with Crippen LogP contribution in [0.15, 0.2) is 61.1 Å². The Bertz CT molecular complexity index is 842. The van der Waals surface area contributed by atoms with Gasteiger partial charge in [0.25, 0.3) is 0 Å². The van der Waals surface area contributed by atoms with Crippen LogP contribution >= 0.6 is 0 Å². The number of rotatable bonds is 5. The third-order valence-electron chi connectivity index (χ3n) is 3.38. The van der Waals surface area contributed by atoms with Crippen LogP contribution in [0, 0.1) is 10.1 Å². The molecule has 0 radical (unpaired) electrons. The van der Waals surface area contributed by atoms with Gasteiger partial charge in [-0.3, -0.25) is 10.1 Å². The molecular formula is C16H14N6O2. The number of aromatic nitrogens is 3. The minimum absolute atomic E-state index is 0.107. The molecule has 24 heavy (non-hydrogen) atoms. The van der Waals surface area contributed by atoms with Gasteiger partial charge in [-0.15, -0.1) is 0 Å². The Kier molecular flexibility index (Phi) is 4.28. The standard InChI is InChI=1S/C16H14N6O2/c17-15-14(22(23)24)16(20-11-19-15)21(13-8-4-5-9-18-13)10-12-6-2-1-3-7-12/h1-9,11H,10H2,(H2,17,19,20). The lowest BCUT2D eigenvalue weighted by atomic mass is 10.2. The zero-order chi connectivity index (χ0) is 16.9. The third-order valence-corrected chi connectivity index (χ3v) is 3.38. The van der Waals surface area contributed by atoms with E-state index in [1.807, 2.05) is 30.3 Å². The first-order chi connectivity index (χ1) is 11.7. The quantitative estimate of drug-likeness (QED) is 0.567. The molecule has 0 saturated heterocycles. The lowest BCUT2D eigenvalue weighted by Gasteiger charge is -2.22. The van der Waals surface area contributed by atoms with E-state index in [2.05, 4.69) is 15.0 Å². The molecule has 1 aromatic carbocycles. The van der Waals surface area contributed by atoms with Gasteiger partial charge in [-0.1, -0.05) is 36.4 Å². The number of hydrogen-bond acceptors (Lipinski definition) is 7. The van der Waals surface area contributed by atoms with Crippen LogP contribution in [-0.2, 0) is 6.54 Å². The first kappa shape index (κ1) is 15.3. The molecule has 8 nitrogen and oxygen atoms in total. The number of nitro groups is 1. The van der Waals surface area contributed by atoms with Gasteiger partial charge in [0.1, 0.15) is 12.1 Å². The second-order valence-electron chi connectivity index (χ2n) is 4.95. The summed E-state index contributed by atoms with van der Waals surface area (Å²) in [6.07, 6.45) is 2.82. The van der Waals surface area contributed by atoms with Gasteiger partial charge >= 0.3 is 5.69 Å². The Hall–Kier alpha value is -3.55. The van der Waals surface area contributed by atoms with Gasteiger partial charge in [0.2, 0.25) is 11.6 Å². The molecule has 120 valence electrons. The summed E-state index contributed by atoms with van der Waals surface area (Å²) in [5.74, 6) is 0.455. The predicted molar refractivity (Wildman–Crippen MR) is 89.6 cm³/mol. The number of hydrogen-bond donors (Lipinski definition) is 1. The molecular weight excluding hydrogens is 308 g/mol. The molecule has 3 rings (SSSR count). The molecule has 0 fully saturated rings. The van der Waals surface area contributed by atoms with Crippen molar-refractivity contribution in [3.05, 3.63) is 76.7 Å². The highest BCUT2D eigenvalue weighted by atomic mass is 16.6. The maximum atomic E-state index is 11.4. The molecule has 0 bridgehead atoms. The van der Waals surface area contributed by atoms with Crippen molar-refractivity contribution < 1.29 is 4.92 Å². The van der Waals surface area contributed by atoms with Crippen LogP contribution in [0.25, 0.3) is 0 Å². The molecule has 0 saturated carbocycles. The van der Waals surface area contributed by atoms with Gasteiger partial charge in [-0.2, -0.15) is 0 Å². The van der Waals surface area contributed by atoms with E-state index < -0.39 is 4.92 Å². The van der Waals surface area contributed by atoms with Crippen LogP contribution in [0.2, 0.25) is 0 Å². The average molecular weight is 322 g/mol. The van der Waals surface area contributed by atoms with E-state index in [0.29, 0.717) is 12.4 Å². The molecule has 0 spiro atoms.